The van der Waals surface area contributed by atoms with Gasteiger partial charge in [-0.15, -0.1) is 0 Å². The van der Waals surface area contributed by atoms with E-state index in [4.69, 9.17) is 16.3 Å². The van der Waals surface area contributed by atoms with Crippen LogP contribution < -0.4 is 4.74 Å². The summed E-state index contributed by atoms with van der Waals surface area (Å²) >= 11 is 6.31. The fourth-order valence-corrected chi connectivity index (χ4v) is 2.42. The van der Waals surface area contributed by atoms with Crippen LogP contribution in [-0.2, 0) is 0 Å². The zero-order valence-corrected chi connectivity index (χ0v) is 10.7. The van der Waals surface area contributed by atoms with Crippen molar-refractivity contribution in [2.45, 2.75) is 0 Å². The average molecular weight is 258 g/mol. The minimum atomic E-state index is 0.710. The van der Waals surface area contributed by atoms with Gasteiger partial charge >= 0.3 is 0 Å². The van der Waals surface area contributed by atoms with Crippen molar-refractivity contribution < 1.29 is 4.74 Å². The van der Waals surface area contributed by atoms with Gasteiger partial charge in [0.05, 0.1) is 12.6 Å². The predicted molar refractivity (Wildman–Crippen MR) is 74.8 cm³/mol. The number of halogens is 1. The highest BCUT2D eigenvalue weighted by molar-refractivity contribution is 6.31. The minimum absolute atomic E-state index is 0.710. The Labute approximate surface area is 110 Å². The first-order valence-electron chi connectivity index (χ1n) is 5.70. The Morgan fingerprint density at radius 1 is 1.00 bits per heavy atom. The lowest BCUT2D eigenvalue weighted by atomic mass is 10.2. The molecule has 0 radical (unpaired) electrons. The van der Waals surface area contributed by atoms with Crippen LogP contribution in [0.2, 0.25) is 5.15 Å². The SMILES string of the molecule is COc1ccc(-n2c(Cl)cc3ccccc32)cc1. The zero-order valence-electron chi connectivity index (χ0n) is 9.93. The highest BCUT2D eigenvalue weighted by atomic mass is 35.5. The van der Waals surface area contributed by atoms with Crippen molar-refractivity contribution in [3.63, 3.8) is 0 Å². The molecule has 0 bridgehead atoms. The quantitative estimate of drug-likeness (QED) is 0.668. The Morgan fingerprint density at radius 2 is 1.72 bits per heavy atom. The summed E-state index contributed by atoms with van der Waals surface area (Å²) in [6.45, 7) is 0. The van der Waals surface area contributed by atoms with Gasteiger partial charge in [-0.3, -0.25) is 0 Å². The van der Waals surface area contributed by atoms with Gasteiger partial charge in [-0.25, -0.2) is 0 Å². The maximum Gasteiger partial charge on any atom is 0.119 e. The average Bonchev–Trinajstić information content (AvgIpc) is 2.75. The molecule has 3 aromatic rings. The van der Waals surface area contributed by atoms with E-state index in [9.17, 15) is 0 Å². The Hall–Kier alpha value is -1.93. The molecule has 18 heavy (non-hydrogen) atoms. The third-order valence-corrected chi connectivity index (χ3v) is 3.27. The van der Waals surface area contributed by atoms with Crippen molar-refractivity contribution in [1.82, 2.24) is 4.57 Å². The number of methoxy groups -OCH3 is 1. The second-order valence-electron chi connectivity index (χ2n) is 4.06. The van der Waals surface area contributed by atoms with Crippen molar-refractivity contribution in [3.05, 3.63) is 59.8 Å². The van der Waals surface area contributed by atoms with E-state index in [0.717, 1.165) is 22.3 Å². The van der Waals surface area contributed by atoms with Crippen LogP contribution in [0.15, 0.2) is 54.6 Å². The molecule has 0 aliphatic carbocycles. The van der Waals surface area contributed by atoms with E-state index in [2.05, 4.69) is 12.1 Å². The van der Waals surface area contributed by atoms with Crippen molar-refractivity contribution in [2.24, 2.45) is 0 Å². The van der Waals surface area contributed by atoms with Crippen molar-refractivity contribution in [1.29, 1.82) is 0 Å². The molecular weight excluding hydrogens is 246 g/mol. The summed E-state index contributed by atoms with van der Waals surface area (Å²) in [6, 6.07) is 18.0. The number of hydrogen-bond donors (Lipinski definition) is 0. The van der Waals surface area contributed by atoms with E-state index >= 15 is 0 Å². The van der Waals surface area contributed by atoms with E-state index in [1.807, 2.05) is 47.0 Å². The van der Waals surface area contributed by atoms with Crippen LogP contribution in [0.5, 0.6) is 5.75 Å². The first kappa shape index (κ1) is 11.2. The second kappa shape index (κ2) is 4.39. The smallest absolute Gasteiger partial charge is 0.119 e. The molecule has 0 aliphatic heterocycles. The van der Waals surface area contributed by atoms with E-state index in [0.29, 0.717) is 5.15 Å². The summed E-state index contributed by atoms with van der Waals surface area (Å²) < 4.78 is 7.19. The fourth-order valence-electron chi connectivity index (χ4n) is 2.11. The topological polar surface area (TPSA) is 14.2 Å². The molecular formula is C15H12ClNO. The Bertz CT molecular complexity index is 685. The Kier molecular flexibility index (Phi) is 2.73. The fraction of sp³-hybridized carbons (Fsp3) is 0.0667. The summed E-state index contributed by atoms with van der Waals surface area (Å²) in [7, 11) is 1.66. The van der Waals surface area contributed by atoms with Gasteiger partial charge in [-0.2, -0.15) is 0 Å². The monoisotopic (exact) mass is 257 g/mol. The van der Waals surface area contributed by atoms with Gasteiger partial charge in [0.1, 0.15) is 10.9 Å². The number of para-hydroxylation sites is 1. The Morgan fingerprint density at radius 3 is 2.44 bits per heavy atom. The molecule has 0 saturated carbocycles. The number of hydrogen-bond acceptors (Lipinski definition) is 1. The second-order valence-corrected chi connectivity index (χ2v) is 4.45. The number of ether oxygens (including phenoxy) is 1. The molecule has 0 spiro atoms. The molecule has 1 aromatic heterocycles. The minimum Gasteiger partial charge on any atom is -0.497 e. The maximum absolute atomic E-state index is 6.31. The molecule has 0 atom stereocenters. The number of fused-ring (bicyclic) bond motifs is 1. The molecule has 2 nitrogen and oxygen atoms in total. The maximum atomic E-state index is 6.31. The highest BCUT2D eigenvalue weighted by Crippen LogP contribution is 2.28. The molecule has 3 heteroatoms. The lowest BCUT2D eigenvalue weighted by Gasteiger charge is -2.08. The largest absolute Gasteiger partial charge is 0.497 e. The van der Waals surface area contributed by atoms with E-state index < -0.39 is 0 Å². The van der Waals surface area contributed by atoms with Gasteiger partial charge in [0.15, 0.2) is 0 Å². The van der Waals surface area contributed by atoms with Gasteiger partial charge in [0.25, 0.3) is 0 Å². The summed E-state index contributed by atoms with van der Waals surface area (Å²) in [5, 5.41) is 1.85. The normalized spacial score (nSPS) is 10.8. The van der Waals surface area contributed by atoms with Crippen molar-refractivity contribution in [2.75, 3.05) is 7.11 Å². The lowest BCUT2D eigenvalue weighted by Crippen LogP contribution is -1.93. The molecule has 3 rings (SSSR count). The zero-order chi connectivity index (χ0) is 12.5. The molecule has 1 heterocycles. The highest BCUT2D eigenvalue weighted by Gasteiger charge is 2.08. The van der Waals surface area contributed by atoms with E-state index in [1.165, 1.54) is 0 Å². The van der Waals surface area contributed by atoms with E-state index in [1.54, 1.807) is 7.11 Å². The van der Waals surface area contributed by atoms with Crippen LogP contribution in [0.1, 0.15) is 0 Å². The third-order valence-electron chi connectivity index (χ3n) is 3.00. The molecule has 0 N–H and O–H groups in total. The van der Waals surface area contributed by atoms with Crippen molar-refractivity contribution in [3.8, 4) is 11.4 Å². The van der Waals surface area contributed by atoms with Crippen LogP contribution in [-0.4, -0.2) is 11.7 Å². The number of benzene rings is 2. The number of aromatic nitrogens is 1. The summed E-state index contributed by atoms with van der Waals surface area (Å²) in [4.78, 5) is 0. The molecule has 0 aliphatic rings. The predicted octanol–water partition coefficient (Wildman–Crippen LogP) is 4.29. The van der Waals surface area contributed by atoms with Crippen LogP contribution in [0, 0.1) is 0 Å². The van der Waals surface area contributed by atoms with Crippen LogP contribution in [0.4, 0.5) is 0 Å². The number of nitrogens with zero attached hydrogens (tertiary/aromatic N) is 1. The van der Waals surface area contributed by atoms with Crippen molar-refractivity contribution >= 4 is 22.5 Å². The first-order chi connectivity index (χ1) is 8.79. The molecule has 0 fully saturated rings. The Balaban J connectivity index is 2.20. The number of rotatable bonds is 2. The van der Waals surface area contributed by atoms with Gasteiger partial charge in [0.2, 0.25) is 0 Å². The molecule has 90 valence electrons. The van der Waals surface area contributed by atoms with Crippen LogP contribution >= 0.6 is 11.6 Å². The molecule has 0 amide bonds. The molecule has 0 unspecified atom stereocenters. The van der Waals surface area contributed by atoms with Gasteiger partial charge in [-0.1, -0.05) is 29.8 Å². The summed E-state index contributed by atoms with van der Waals surface area (Å²) in [6.07, 6.45) is 0. The van der Waals surface area contributed by atoms with Crippen LogP contribution in [0.3, 0.4) is 0 Å². The van der Waals surface area contributed by atoms with E-state index in [-0.39, 0.29) is 0 Å². The van der Waals surface area contributed by atoms with Gasteiger partial charge < -0.3 is 9.30 Å². The standard InChI is InChI=1S/C15H12ClNO/c1-18-13-8-6-12(7-9-13)17-14-5-3-2-4-11(14)10-15(17)16/h2-10H,1H3. The lowest BCUT2D eigenvalue weighted by molar-refractivity contribution is 0.415. The van der Waals surface area contributed by atoms with Gasteiger partial charge in [0, 0.05) is 11.1 Å². The summed E-state index contributed by atoms with van der Waals surface area (Å²) in [5.41, 5.74) is 2.13. The molecule has 0 saturated heterocycles. The van der Waals surface area contributed by atoms with Gasteiger partial charge in [-0.05, 0) is 36.4 Å². The summed E-state index contributed by atoms with van der Waals surface area (Å²) in [5.74, 6) is 0.839. The first-order valence-corrected chi connectivity index (χ1v) is 6.08. The third kappa shape index (κ3) is 1.75. The molecule has 2 aromatic carbocycles. The van der Waals surface area contributed by atoms with Crippen LogP contribution in [0.25, 0.3) is 16.6 Å².